The van der Waals surface area contributed by atoms with Gasteiger partial charge in [-0.3, -0.25) is 10.1 Å². The molecule has 0 saturated carbocycles. The highest BCUT2D eigenvalue weighted by atomic mass is 35.5. The van der Waals surface area contributed by atoms with Crippen molar-refractivity contribution < 1.29 is 13.6 Å². The lowest BCUT2D eigenvalue weighted by atomic mass is 10.1. The molecule has 0 aromatic heterocycles. The molecule has 1 atom stereocenters. The molecule has 134 valence electrons. The van der Waals surface area contributed by atoms with Gasteiger partial charge in [0, 0.05) is 38.3 Å². The number of amides is 1. The van der Waals surface area contributed by atoms with Crippen LogP contribution < -0.4 is 10.2 Å². The quantitative estimate of drug-likeness (QED) is 0.880. The zero-order valence-electron chi connectivity index (χ0n) is 14.0. The van der Waals surface area contributed by atoms with Crippen LogP contribution in [-0.2, 0) is 4.79 Å². The number of nitrogens with zero attached hydrogens (tertiary/aromatic N) is 2. The average Bonchev–Trinajstić information content (AvgIpc) is 2.89. The number of nitrogens with one attached hydrogen (secondary N) is 1. The van der Waals surface area contributed by atoms with E-state index in [0.29, 0.717) is 13.1 Å². The number of hydrogen-bond donors (Lipinski definition) is 1. The van der Waals surface area contributed by atoms with Crippen molar-refractivity contribution >= 4 is 24.0 Å². The number of aryl methyl sites for hydroxylation is 2. The first-order chi connectivity index (χ1) is 10.9. The molecule has 1 aromatic carbocycles. The SMILES string of the molecule is Cc1ccc(C)c(N2CCN(C(=O)C3CC(F)(F)CN3)CC2)c1.Cl. The highest BCUT2D eigenvalue weighted by molar-refractivity contribution is 5.85. The van der Waals surface area contributed by atoms with E-state index in [1.54, 1.807) is 4.90 Å². The summed E-state index contributed by atoms with van der Waals surface area (Å²) < 4.78 is 26.5. The standard InChI is InChI=1S/C17H23F2N3O.ClH/c1-12-3-4-13(2)15(9-12)21-5-7-22(8-6-21)16(23)14-10-17(18,19)11-20-14;/h3-4,9,14,20H,5-8,10-11H2,1-2H3;1H. The third kappa shape index (κ3) is 3.98. The van der Waals surface area contributed by atoms with Crippen LogP contribution in [0.5, 0.6) is 0 Å². The first-order valence-corrected chi connectivity index (χ1v) is 8.08. The minimum atomic E-state index is -2.76. The summed E-state index contributed by atoms with van der Waals surface area (Å²) in [5.74, 6) is -2.95. The average molecular weight is 360 g/mol. The van der Waals surface area contributed by atoms with Crippen molar-refractivity contribution in [3.63, 3.8) is 0 Å². The fourth-order valence-corrected chi connectivity index (χ4v) is 3.34. The molecule has 2 heterocycles. The summed E-state index contributed by atoms with van der Waals surface area (Å²) in [6.07, 6.45) is -0.386. The van der Waals surface area contributed by atoms with Crippen LogP contribution >= 0.6 is 12.4 Å². The summed E-state index contributed by atoms with van der Waals surface area (Å²) >= 11 is 0. The lowest BCUT2D eigenvalue weighted by Crippen LogP contribution is -2.53. The third-order valence-corrected chi connectivity index (χ3v) is 4.70. The number of rotatable bonds is 2. The van der Waals surface area contributed by atoms with Gasteiger partial charge in [0.25, 0.3) is 5.92 Å². The first kappa shape index (κ1) is 18.9. The number of piperazine rings is 1. The van der Waals surface area contributed by atoms with Crippen LogP contribution in [0.25, 0.3) is 0 Å². The molecule has 3 rings (SSSR count). The summed E-state index contributed by atoms with van der Waals surface area (Å²) in [5, 5.41) is 2.65. The molecule has 2 aliphatic heterocycles. The Bertz CT molecular complexity index is 603. The van der Waals surface area contributed by atoms with Crippen molar-refractivity contribution in [1.29, 1.82) is 0 Å². The van der Waals surface area contributed by atoms with Gasteiger partial charge in [-0.25, -0.2) is 8.78 Å². The fourth-order valence-electron chi connectivity index (χ4n) is 3.34. The Balaban J connectivity index is 0.00000208. The number of hydrogen-bond acceptors (Lipinski definition) is 3. The van der Waals surface area contributed by atoms with Gasteiger partial charge < -0.3 is 9.80 Å². The lowest BCUT2D eigenvalue weighted by molar-refractivity contribution is -0.134. The molecule has 1 aromatic rings. The molecule has 4 nitrogen and oxygen atoms in total. The van der Waals surface area contributed by atoms with Crippen LogP contribution in [0.15, 0.2) is 18.2 Å². The van der Waals surface area contributed by atoms with Gasteiger partial charge in [0.05, 0.1) is 12.6 Å². The van der Waals surface area contributed by atoms with Crippen molar-refractivity contribution in [2.75, 3.05) is 37.6 Å². The van der Waals surface area contributed by atoms with Crippen LogP contribution in [0.1, 0.15) is 17.5 Å². The molecule has 2 saturated heterocycles. The minimum Gasteiger partial charge on any atom is -0.368 e. The van der Waals surface area contributed by atoms with Crippen molar-refractivity contribution in [3.05, 3.63) is 29.3 Å². The van der Waals surface area contributed by atoms with E-state index >= 15 is 0 Å². The highest BCUT2D eigenvalue weighted by Crippen LogP contribution is 2.27. The topological polar surface area (TPSA) is 35.6 Å². The largest absolute Gasteiger partial charge is 0.368 e. The number of carbonyl (C=O) groups excluding carboxylic acids is 1. The summed E-state index contributed by atoms with van der Waals surface area (Å²) in [6, 6.07) is 5.61. The van der Waals surface area contributed by atoms with Gasteiger partial charge in [-0.15, -0.1) is 12.4 Å². The maximum Gasteiger partial charge on any atom is 0.262 e. The second-order valence-electron chi connectivity index (χ2n) is 6.60. The molecule has 2 fully saturated rings. The molecule has 1 N–H and O–H groups in total. The molecule has 0 bridgehead atoms. The maximum absolute atomic E-state index is 13.2. The fraction of sp³-hybridized carbons (Fsp3) is 0.588. The molecule has 7 heteroatoms. The zero-order valence-corrected chi connectivity index (χ0v) is 14.8. The monoisotopic (exact) mass is 359 g/mol. The van der Waals surface area contributed by atoms with Crippen molar-refractivity contribution in [2.45, 2.75) is 32.2 Å². The van der Waals surface area contributed by atoms with E-state index in [1.807, 2.05) is 0 Å². The van der Waals surface area contributed by atoms with E-state index in [0.717, 1.165) is 13.1 Å². The van der Waals surface area contributed by atoms with Gasteiger partial charge >= 0.3 is 0 Å². The molecule has 24 heavy (non-hydrogen) atoms. The van der Waals surface area contributed by atoms with Crippen molar-refractivity contribution in [2.24, 2.45) is 0 Å². The molecule has 0 radical (unpaired) electrons. The number of alkyl halides is 2. The maximum atomic E-state index is 13.2. The molecule has 0 spiro atoms. The third-order valence-electron chi connectivity index (χ3n) is 4.70. The van der Waals surface area contributed by atoms with Gasteiger partial charge in [-0.1, -0.05) is 12.1 Å². The van der Waals surface area contributed by atoms with Gasteiger partial charge in [0.15, 0.2) is 0 Å². The Hall–Kier alpha value is -1.40. The number of anilines is 1. The lowest BCUT2D eigenvalue weighted by Gasteiger charge is -2.37. The van der Waals surface area contributed by atoms with Gasteiger partial charge in [-0.05, 0) is 31.0 Å². The predicted octanol–water partition coefficient (Wildman–Crippen LogP) is 2.37. The first-order valence-electron chi connectivity index (χ1n) is 8.08. The number of benzene rings is 1. The summed E-state index contributed by atoms with van der Waals surface area (Å²) in [4.78, 5) is 16.3. The molecular formula is C17H24ClF2N3O. The summed E-state index contributed by atoms with van der Waals surface area (Å²) in [5.41, 5.74) is 3.62. The number of halogens is 3. The molecule has 1 amide bonds. The molecule has 0 aliphatic carbocycles. The Morgan fingerprint density at radius 3 is 2.46 bits per heavy atom. The van der Waals surface area contributed by atoms with E-state index < -0.39 is 18.5 Å². The van der Waals surface area contributed by atoms with Gasteiger partial charge in [-0.2, -0.15) is 0 Å². The second kappa shape index (κ2) is 7.23. The van der Waals surface area contributed by atoms with E-state index in [4.69, 9.17) is 0 Å². The molecular weight excluding hydrogens is 336 g/mol. The zero-order chi connectivity index (χ0) is 16.6. The Kier molecular flexibility index (Phi) is 5.71. The Morgan fingerprint density at radius 1 is 1.21 bits per heavy atom. The normalized spacial score (nSPS) is 23.1. The van der Waals surface area contributed by atoms with Crippen LogP contribution in [0, 0.1) is 13.8 Å². The molecule has 2 aliphatic rings. The van der Waals surface area contributed by atoms with E-state index in [9.17, 15) is 13.6 Å². The number of carbonyl (C=O) groups is 1. The predicted molar refractivity (Wildman–Crippen MR) is 93.3 cm³/mol. The smallest absolute Gasteiger partial charge is 0.262 e. The molecule has 1 unspecified atom stereocenters. The Morgan fingerprint density at radius 2 is 1.88 bits per heavy atom. The van der Waals surface area contributed by atoms with E-state index in [-0.39, 0.29) is 24.7 Å². The van der Waals surface area contributed by atoms with Crippen LogP contribution in [0.3, 0.4) is 0 Å². The van der Waals surface area contributed by atoms with Crippen LogP contribution in [0.2, 0.25) is 0 Å². The van der Waals surface area contributed by atoms with Crippen LogP contribution in [-0.4, -0.2) is 55.5 Å². The van der Waals surface area contributed by atoms with Crippen molar-refractivity contribution in [1.82, 2.24) is 10.2 Å². The second-order valence-corrected chi connectivity index (χ2v) is 6.60. The van der Waals surface area contributed by atoms with E-state index in [1.165, 1.54) is 16.8 Å². The summed E-state index contributed by atoms with van der Waals surface area (Å²) in [7, 11) is 0. The minimum absolute atomic E-state index is 0. The van der Waals surface area contributed by atoms with Crippen LogP contribution in [0.4, 0.5) is 14.5 Å². The van der Waals surface area contributed by atoms with Gasteiger partial charge in [0.2, 0.25) is 5.91 Å². The van der Waals surface area contributed by atoms with Gasteiger partial charge in [0.1, 0.15) is 0 Å². The highest BCUT2D eigenvalue weighted by Gasteiger charge is 2.43. The Labute approximate surface area is 147 Å². The van der Waals surface area contributed by atoms with Crippen molar-refractivity contribution in [3.8, 4) is 0 Å². The summed E-state index contributed by atoms with van der Waals surface area (Å²) in [6.45, 7) is 6.38. The van der Waals surface area contributed by atoms with E-state index in [2.05, 4.69) is 42.3 Å².